The number of hydrogen-bond acceptors (Lipinski definition) is 4. The van der Waals surface area contributed by atoms with Crippen LogP contribution in [0.2, 0.25) is 0 Å². The molecular formula is C16H16O6. The number of rotatable bonds is 4. The molecule has 0 aliphatic heterocycles. The van der Waals surface area contributed by atoms with E-state index in [1.165, 1.54) is 32.4 Å². The summed E-state index contributed by atoms with van der Waals surface area (Å²) in [6.45, 7) is 0. The summed E-state index contributed by atoms with van der Waals surface area (Å²) >= 11 is 0. The molecule has 0 unspecified atom stereocenters. The molecule has 22 heavy (non-hydrogen) atoms. The minimum absolute atomic E-state index is 0.190. The van der Waals surface area contributed by atoms with Gasteiger partial charge in [-0.2, -0.15) is 0 Å². The van der Waals surface area contributed by atoms with Gasteiger partial charge in [-0.25, -0.2) is 9.59 Å². The topological polar surface area (TPSA) is 93.1 Å². The number of methoxy groups -OCH3 is 2. The summed E-state index contributed by atoms with van der Waals surface area (Å²) in [7, 11) is 2.95. The summed E-state index contributed by atoms with van der Waals surface area (Å²) in [5.74, 6) is -0.962. The third-order valence-electron chi connectivity index (χ3n) is 2.65. The fraction of sp³-hybridized carbons (Fsp3) is 0.125. The van der Waals surface area contributed by atoms with Crippen LogP contribution in [-0.4, -0.2) is 36.4 Å². The number of hydrogen-bond donors (Lipinski definition) is 2. The Morgan fingerprint density at radius 1 is 0.864 bits per heavy atom. The predicted molar refractivity (Wildman–Crippen MR) is 79.9 cm³/mol. The Morgan fingerprint density at radius 2 is 1.55 bits per heavy atom. The van der Waals surface area contributed by atoms with Crippen molar-refractivity contribution in [2.75, 3.05) is 14.2 Å². The van der Waals surface area contributed by atoms with E-state index >= 15 is 0 Å². The molecule has 0 atom stereocenters. The van der Waals surface area contributed by atoms with E-state index in [1.54, 1.807) is 30.3 Å². The van der Waals surface area contributed by atoms with E-state index in [9.17, 15) is 9.59 Å². The van der Waals surface area contributed by atoms with Crippen molar-refractivity contribution in [1.82, 2.24) is 0 Å². The maximum absolute atomic E-state index is 10.5. The highest BCUT2D eigenvalue weighted by Gasteiger charge is 2.07. The molecule has 116 valence electrons. The van der Waals surface area contributed by atoms with Gasteiger partial charge in [-0.15, -0.1) is 0 Å². The molecule has 0 aliphatic carbocycles. The van der Waals surface area contributed by atoms with Crippen molar-refractivity contribution in [3.8, 4) is 11.5 Å². The first kappa shape index (κ1) is 17.0. The van der Waals surface area contributed by atoms with Crippen molar-refractivity contribution in [1.29, 1.82) is 0 Å². The van der Waals surface area contributed by atoms with Gasteiger partial charge in [0.15, 0.2) is 0 Å². The van der Waals surface area contributed by atoms with E-state index in [1.807, 2.05) is 0 Å². The summed E-state index contributed by atoms with van der Waals surface area (Å²) in [4.78, 5) is 20.9. The average molecular weight is 304 g/mol. The number of carboxylic acid groups (broad SMARTS) is 2. The van der Waals surface area contributed by atoms with E-state index in [0.717, 1.165) is 0 Å². The standard InChI is InChI=1S/2C8H8O3/c1-11-7-4-2-3-6(5-7)8(9)10;1-11-7-5-3-2-4-6(7)8(9)10/h2*2-5H,1H3,(H,9,10). The zero-order valence-corrected chi connectivity index (χ0v) is 12.1. The lowest BCUT2D eigenvalue weighted by atomic mass is 10.2. The number of para-hydroxylation sites is 1. The van der Waals surface area contributed by atoms with Crippen LogP contribution in [0.25, 0.3) is 0 Å². The lowest BCUT2D eigenvalue weighted by molar-refractivity contribution is 0.0684. The Morgan fingerprint density at radius 3 is 2.05 bits per heavy atom. The summed E-state index contributed by atoms with van der Waals surface area (Å²) in [5.41, 5.74) is 0.430. The highest BCUT2D eigenvalue weighted by Crippen LogP contribution is 2.16. The Kier molecular flexibility index (Phi) is 6.43. The molecule has 0 saturated carbocycles. The molecule has 2 aromatic carbocycles. The Bertz CT molecular complexity index is 651. The van der Waals surface area contributed by atoms with Crippen molar-refractivity contribution in [2.24, 2.45) is 0 Å². The first-order valence-corrected chi connectivity index (χ1v) is 6.23. The van der Waals surface area contributed by atoms with Crippen molar-refractivity contribution in [2.45, 2.75) is 0 Å². The fourth-order valence-electron chi connectivity index (χ4n) is 1.58. The molecule has 0 saturated heterocycles. The zero-order valence-electron chi connectivity index (χ0n) is 12.1. The number of benzene rings is 2. The SMILES string of the molecule is COc1cccc(C(=O)O)c1.COc1ccccc1C(=O)O. The van der Waals surface area contributed by atoms with Crippen LogP contribution in [0, 0.1) is 0 Å². The largest absolute Gasteiger partial charge is 0.497 e. The Balaban J connectivity index is 0.000000220. The van der Waals surface area contributed by atoms with Gasteiger partial charge in [0.05, 0.1) is 19.8 Å². The quantitative estimate of drug-likeness (QED) is 0.902. The lowest BCUT2D eigenvalue weighted by Gasteiger charge is -2.01. The third-order valence-corrected chi connectivity index (χ3v) is 2.65. The van der Waals surface area contributed by atoms with Crippen LogP contribution >= 0.6 is 0 Å². The van der Waals surface area contributed by atoms with E-state index in [-0.39, 0.29) is 11.1 Å². The molecular weight excluding hydrogens is 288 g/mol. The summed E-state index contributed by atoms with van der Waals surface area (Å²) in [6.07, 6.45) is 0. The molecule has 0 spiro atoms. The summed E-state index contributed by atoms with van der Waals surface area (Å²) in [6, 6.07) is 12.8. The second-order valence-corrected chi connectivity index (χ2v) is 4.04. The van der Waals surface area contributed by atoms with Crippen molar-refractivity contribution >= 4 is 11.9 Å². The molecule has 2 N–H and O–H groups in total. The first-order chi connectivity index (χ1) is 10.5. The zero-order chi connectivity index (χ0) is 16.5. The van der Waals surface area contributed by atoms with Gasteiger partial charge >= 0.3 is 11.9 Å². The molecule has 6 heteroatoms. The van der Waals surface area contributed by atoms with Gasteiger partial charge in [-0.05, 0) is 30.3 Å². The average Bonchev–Trinajstić information content (AvgIpc) is 2.55. The van der Waals surface area contributed by atoms with E-state index in [2.05, 4.69) is 0 Å². The highest BCUT2D eigenvalue weighted by atomic mass is 16.5. The molecule has 6 nitrogen and oxygen atoms in total. The van der Waals surface area contributed by atoms with Gasteiger partial charge in [0.1, 0.15) is 17.1 Å². The second-order valence-electron chi connectivity index (χ2n) is 4.04. The summed E-state index contributed by atoms with van der Waals surface area (Å²) in [5, 5.41) is 17.2. The smallest absolute Gasteiger partial charge is 0.339 e. The minimum Gasteiger partial charge on any atom is -0.497 e. The van der Waals surface area contributed by atoms with Crippen LogP contribution < -0.4 is 9.47 Å². The van der Waals surface area contributed by atoms with Crippen LogP contribution in [0.3, 0.4) is 0 Å². The van der Waals surface area contributed by atoms with Gasteiger partial charge in [0.25, 0.3) is 0 Å². The van der Waals surface area contributed by atoms with Gasteiger partial charge in [-0.1, -0.05) is 18.2 Å². The maximum Gasteiger partial charge on any atom is 0.339 e. The van der Waals surface area contributed by atoms with Gasteiger partial charge in [-0.3, -0.25) is 0 Å². The Labute approximate surface area is 127 Å². The maximum atomic E-state index is 10.5. The van der Waals surface area contributed by atoms with Crippen molar-refractivity contribution in [3.63, 3.8) is 0 Å². The molecule has 0 amide bonds. The number of ether oxygens (including phenoxy) is 2. The van der Waals surface area contributed by atoms with Crippen LogP contribution in [0.5, 0.6) is 11.5 Å². The molecule has 0 bridgehead atoms. The van der Waals surface area contributed by atoms with Crippen LogP contribution in [0.1, 0.15) is 20.7 Å². The van der Waals surface area contributed by atoms with Gasteiger partial charge in [0.2, 0.25) is 0 Å². The lowest BCUT2D eigenvalue weighted by Crippen LogP contribution is -1.99. The molecule has 2 aromatic rings. The molecule has 0 radical (unpaired) electrons. The van der Waals surface area contributed by atoms with E-state index < -0.39 is 11.9 Å². The third kappa shape index (κ3) is 4.82. The number of carbonyl (C=O) groups is 2. The van der Waals surface area contributed by atoms with Crippen LogP contribution in [-0.2, 0) is 0 Å². The van der Waals surface area contributed by atoms with Crippen LogP contribution in [0.4, 0.5) is 0 Å². The van der Waals surface area contributed by atoms with E-state index in [4.69, 9.17) is 19.7 Å². The molecule has 0 aliphatic rings. The van der Waals surface area contributed by atoms with E-state index in [0.29, 0.717) is 11.5 Å². The van der Waals surface area contributed by atoms with Gasteiger partial charge < -0.3 is 19.7 Å². The Hall–Kier alpha value is -3.02. The second kappa shape index (κ2) is 8.31. The first-order valence-electron chi connectivity index (χ1n) is 6.23. The van der Waals surface area contributed by atoms with Crippen molar-refractivity contribution < 1.29 is 29.3 Å². The number of carboxylic acids is 2. The molecule has 2 rings (SSSR count). The molecule has 0 heterocycles. The van der Waals surface area contributed by atoms with Crippen LogP contribution in [0.15, 0.2) is 48.5 Å². The molecule has 0 fully saturated rings. The minimum atomic E-state index is -0.970. The molecule has 0 aromatic heterocycles. The summed E-state index contributed by atoms with van der Waals surface area (Å²) < 4.78 is 9.67. The van der Waals surface area contributed by atoms with Crippen molar-refractivity contribution in [3.05, 3.63) is 59.7 Å². The normalized spacial score (nSPS) is 9.18. The highest BCUT2D eigenvalue weighted by molar-refractivity contribution is 5.90. The number of aromatic carboxylic acids is 2. The van der Waals surface area contributed by atoms with Gasteiger partial charge in [0, 0.05) is 0 Å². The predicted octanol–water partition coefficient (Wildman–Crippen LogP) is 2.79. The monoisotopic (exact) mass is 304 g/mol. The fourth-order valence-corrected chi connectivity index (χ4v) is 1.58.